The van der Waals surface area contributed by atoms with Crippen molar-refractivity contribution in [3.05, 3.63) is 99.8 Å². The molecule has 1 fully saturated rings. The first kappa shape index (κ1) is 25.0. The lowest BCUT2D eigenvalue weighted by atomic mass is 9.78. The number of halogens is 4. The number of rotatable bonds is 6. The quantitative estimate of drug-likeness (QED) is 0.390. The van der Waals surface area contributed by atoms with Crippen LogP contribution in [-0.4, -0.2) is 17.1 Å². The molecule has 184 valence electrons. The molecule has 1 aliphatic rings. The number of nitrogens with zero attached hydrogens (tertiary/aromatic N) is 1. The van der Waals surface area contributed by atoms with Gasteiger partial charge in [0.05, 0.1) is 16.3 Å². The fourth-order valence-electron chi connectivity index (χ4n) is 4.77. The van der Waals surface area contributed by atoms with Gasteiger partial charge in [0.2, 0.25) is 0 Å². The van der Waals surface area contributed by atoms with Gasteiger partial charge in [-0.25, -0.2) is 4.79 Å². The number of amides is 2. The van der Waals surface area contributed by atoms with Crippen LogP contribution < -0.4 is 10.6 Å². The van der Waals surface area contributed by atoms with Crippen molar-refractivity contribution in [1.29, 1.82) is 0 Å². The molecule has 0 radical (unpaired) electrons. The predicted octanol–water partition coefficient (Wildman–Crippen LogP) is 6.79. The minimum Gasteiger partial charge on any atom is -0.335 e. The highest BCUT2D eigenvalue weighted by Gasteiger charge is 2.41. The standard InChI is InChI=1S/C27H27ClF3N3O/c1-18-11-12-20(27(29,30)31)15-23(18)26(16-19-7-3-2-4-8-19,24-14-13-21(28)17-32-24)34-25(35)33-22-9-5-6-10-22/h2-4,7-8,11-15,17,22H,5-6,9-10,16H2,1H3,(H2,33,34,35)/t26-/m0/s1. The SMILES string of the molecule is Cc1ccc(C(F)(F)F)cc1[C@](Cc1ccccc1)(NC(=O)NC1CCCC1)c1ccc(Cl)cn1. The molecule has 1 saturated carbocycles. The van der Waals surface area contributed by atoms with Crippen molar-refractivity contribution in [2.75, 3.05) is 0 Å². The summed E-state index contributed by atoms with van der Waals surface area (Å²) < 4.78 is 41.3. The normalized spacial score (nSPS) is 16.0. The molecular weight excluding hydrogens is 475 g/mol. The molecule has 0 saturated heterocycles. The van der Waals surface area contributed by atoms with Gasteiger partial charge in [0.25, 0.3) is 0 Å². The van der Waals surface area contributed by atoms with E-state index in [9.17, 15) is 18.0 Å². The number of hydrogen-bond acceptors (Lipinski definition) is 2. The van der Waals surface area contributed by atoms with Gasteiger partial charge in [-0.3, -0.25) is 4.98 Å². The molecule has 0 aliphatic heterocycles. The smallest absolute Gasteiger partial charge is 0.335 e. The molecule has 2 aromatic carbocycles. The van der Waals surface area contributed by atoms with Crippen molar-refractivity contribution < 1.29 is 18.0 Å². The van der Waals surface area contributed by atoms with E-state index in [1.54, 1.807) is 19.1 Å². The maximum Gasteiger partial charge on any atom is 0.416 e. The summed E-state index contributed by atoms with van der Waals surface area (Å²) in [6, 6.07) is 15.8. The average Bonchev–Trinajstić information content (AvgIpc) is 3.32. The van der Waals surface area contributed by atoms with Crippen molar-refractivity contribution >= 4 is 17.6 Å². The first-order valence-electron chi connectivity index (χ1n) is 11.6. The molecule has 1 aliphatic carbocycles. The highest BCUT2D eigenvalue weighted by Crippen LogP contribution is 2.39. The Morgan fingerprint density at radius 2 is 1.77 bits per heavy atom. The number of alkyl halides is 3. The number of benzene rings is 2. The predicted molar refractivity (Wildman–Crippen MR) is 130 cm³/mol. The van der Waals surface area contributed by atoms with E-state index in [2.05, 4.69) is 15.6 Å². The molecule has 1 atom stereocenters. The molecule has 8 heteroatoms. The monoisotopic (exact) mass is 501 g/mol. The number of aromatic nitrogens is 1. The first-order valence-corrected chi connectivity index (χ1v) is 12.0. The minimum absolute atomic E-state index is 0.0326. The van der Waals surface area contributed by atoms with Gasteiger partial charge in [-0.1, -0.05) is 60.8 Å². The molecule has 2 N–H and O–H groups in total. The van der Waals surface area contributed by atoms with Gasteiger partial charge in [-0.2, -0.15) is 13.2 Å². The van der Waals surface area contributed by atoms with Crippen LogP contribution in [0.25, 0.3) is 0 Å². The summed E-state index contributed by atoms with van der Waals surface area (Å²) in [6.07, 6.45) is 0.915. The van der Waals surface area contributed by atoms with Gasteiger partial charge in [0.15, 0.2) is 0 Å². The molecule has 0 spiro atoms. The Bertz CT molecular complexity index is 1160. The van der Waals surface area contributed by atoms with Gasteiger partial charge >= 0.3 is 12.2 Å². The van der Waals surface area contributed by atoms with E-state index in [1.807, 2.05) is 30.3 Å². The summed E-state index contributed by atoms with van der Waals surface area (Å²) in [6.45, 7) is 1.74. The highest BCUT2D eigenvalue weighted by atomic mass is 35.5. The third-order valence-corrected chi connectivity index (χ3v) is 6.74. The Morgan fingerprint density at radius 1 is 1.06 bits per heavy atom. The second-order valence-electron chi connectivity index (χ2n) is 9.04. The number of carbonyl (C=O) groups is 1. The zero-order valence-corrected chi connectivity index (χ0v) is 20.1. The minimum atomic E-state index is -4.54. The summed E-state index contributed by atoms with van der Waals surface area (Å²) in [4.78, 5) is 17.8. The molecular formula is C27H27ClF3N3O. The van der Waals surface area contributed by atoms with Crippen LogP contribution in [0.3, 0.4) is 0 Å². The maximum absolute atomic E-state index is 13.8. The van der Waals surface area contributed by atoms with Gasteiger partial charge in [-0.05, 0) is 60.7 Å². The number of aryl methyl sites for hydroxylation is 1. The second-order valence-corrected chi connectivity index (χ2v) is 9.47. The zero-order valence-electron chi connectivity index (χ0n) is 19.3. The lowest BCUT2D eigenvalue weighted by Crippen LogP contribution is -2.54. The van der Waals surface area contributed by atoms with Crippen molar-refractivity contribution in [2.24, 2.45) is 0 Å². The molecule has 1 heterocycles. The average molecular weight is 502 g/mol. The second kappa shape index (κ2) is 10.3. The van der Waals surface area contributed by atoms with E-state index in [-0.39, 0.29) is 12.5 Å². The zero-order chi connectivity index (χ0) is 25.1. The highest BCUT2D eigenvalue weighted by molar-refractivity contribution is 6.30. The number of nitrogens with one attached hydrogen (secondary N) is 2. The molecule has 4 nitrogen and oxygen atoms in total. The Hall–Kier alpha value is -3.06. The van der Waals surface area contributed by atoms with Crippen LogP contribution >= 0.6 is 11.6 Å². The number of urea groups is 1. The number of carbonyl (C=O) groups excluding carboxylic acids is 1. The van der Waals surface area contributed by atoms with Gasteiger partial charge in [0, 0.05) is 18.7 Å². The molecule has 3 aromatic rings. The summed E-state index contributed by atoms with van der Waals surface area (Å²) in [5.74, 6) is 0. The molecule has 1 aromatic heterocycles. The first-order chi connectivity index (χ1) is 16.7. The maximum atomic E-state index is 13.8. The van der Waals surface area contributed by atoms with Crippen LogP contribution in [0.1, 0.15) is 53.6 Å². The van der Waals surface area contributed by atoms with Gasteiger partial charge < -0.3 is 10.6 Å². The van der Waals surface area contributed by atoms with E-state index < -0.39 is 23.3 Å². The fraction of sp³-hybridized carbons (Fsp3) is 0.333. The molecule has 0 unspecified atom stereocenters. The van der Waals surface area contributed by atoms with Crippen molar-refractivity contribution in [3.8, 4) is 0 Å². The third kappa shape index (κ3) is 5.78. The summed E-state index contributed by atoms with van der Waals surface area (Å²) in [5.41, 5.74) is -0.00105. The van der Waals surface area contributed by atoms with E-state index in [1.165, 1.54) is 12.3 Å². The van der Waals surface area contributed by atoms with Gasteiger partial charge in [0.1, 0.15) is 5.54 Å². The van der Waals surface area contributed by atoms with Crippen molar-refractivity contribution in [2.45, 2.75) is 56.8 Å². The Labute approximate surface area is 207 Å². The number of pyridine rings is 1. The van der Waals surface area contributed by atoms with E-state index in [0.717, 1.165) is 43.4 Å². The molecule has 2 amide bonds. The summed E-state index contributed by atoms with van der Waals surface area (Å²) in [7, 11) is 0. The summed E-state index contributed by atoms with van der Waals surface area (Å²) >= 11 is 6.09. The summed E-state index contributed by atoms with van der Waals surface area (Å²) in [5, 5.41) is 6.45. The lowest BCUT2D eigenvalue weighted by molar-refractivity contribution is -0.137. The van der Waals surface area contributed by atoms with E-state index in [4.69, 9.17) is 11.6 Å². The van der Waals surface area contributed by atoms with Crippen LogP contribution in [-0.2, 0) is 18.1 Å². The van der Waals surface area contributed by atoms with Crippen LogP contribution in [0.15, 0.2) is 66.9 Å². The van der Waals surface area contributed by atoms with Crippen LogP contribution in [0, 0.1) is 6.92 Å². The Kier molecular flexibility index (Phi) is 7.36. The van der Waals surface area contributed by atoms with Crippen molar-refractivity contribution in [3.63, 3.8) is 0 Å². The van der Waals surface area contributed by atoms with E-state index >= 15 is 0 Å². The van der Waals surface area contributed by atoms with Crippen LogP contribution in [0.2, 0.25) is 5.02 Å². The number of hydrogen-bond donors (Lipinski definition) is 2. The van der Waals surface area contributed by atoms with Crippen LogP contribution in [0.5, 0.6) is 0 Å². The van der Waals surface area contributed by atoms with E-state index in [0.29, 0.717) is 21.8 Å². The molecule has 4 rings (SSSR count). The Balaban J connectivity index is 1.90. The lowest BCUT2D eigenvalue weighted by Gasteiger charge is -2.37. The topological polar surface area (TPSA) is 54.0 Å². The largest absolute Gasteiger partial charge is 0.416 e. The molecule has 35 heavy (non-hydrogen) atoms. The van der Waals surface area contributed by atoms with Gasteiger partial charge in [-0.15, -0.1) is 0 Å². The molecule has 0 bridgehead atoms. The third-order valence-electron chi connectivity index (χ3n) is 6.52. The Morgan fingerprint density at radius 3 is 2.40 bits per heavy atom. The van der Waals surface area contributed by atoms with Crippen LogP contribution in [0.4, 0.5) is 18.0 Å². The van der Waals surface area contributed by atoms with Crippen molar-refractivity contribution in [1.82, 2.24) is 15.6 Å². The fourth-order valence-corrected chi connectivity index (χ4v) is 4.88.